The first-order chi connectivity index (χ1) is 12.0. The summed E-state index contributed by atoms with van der Waals surface area (Å²) in [5.74, 6) is -1.29. The Morgan fingerprint density at radius 2 is 1.68 bits per heavy atom. The average Bonchev–Trinajstić information content (AvgIpc) is 2.64. The summed E-state index contributed by atoms with van der Waals surface area (Å²) < 4.78 is 13.5. The fraction of sp³-hybridized carbons (Fsp3) is 0.316. The number of rotatable bonds is 6. The minimum Gasteiger partial charge on any atom is -0.357 e. The highest BCUT2D eigenvalue weighted by Crippen LogP contribution is 2.30. The molecular weight excluding hydrogens is 323 g/mol. The van der Waals surface area contributed by atoms with Gasteiger partial charge >= 0.3 is 0 Å². The minimum absolute atomic E-state index is 0.0715. The van der Waals surface area contributed by atoms with E-state index >= 15 is 0 Å². The molecule has 0 bridgehead atoms. The molecule has 0 spiro atoms. The van der Waals surface area contributed by atoms with E-state index in [1.807, 2.05) is 12.1 Å². The van der Waals surface area contributed by atoms with Gasteiger partial charge in [-0.3, -0.25) is 19.3 Å². The number of carbonyl (C=O) groups is 3. The molecule has 0 saturated carbocycles. The van der Waals surface area contributed by atoms with E-state index in [0.717, 1.165) is 5.39 Å². The van der Waals surface area contributed by atoms with Gasteiger partial charge in [-0.25, -0.2) is 4.39 Å². The molecule has 0 fully saturated rings. The zero-order valence-electron chi connectivity index (χ0n) is 13.9. The zero-order valence-corrected chi connectivity index (χ0v) is 13.9. The Balaban J connectivity index is 1.71. The number of imide groups is 1. The molecule has 0 radical (unpaired) electrons. The first-order valence-electron chi connectivity index (χ1n) is 8.28. The van der Waals surface area contributed by atoms with E-state index in [1.54, 1.807) is 24.3 Å². The number of hydrogen-bond acceptors (Lipinski definition) is 3. The van der Waals surface area contributed by atoms with Crippen LogP contribution in [-0.2, 0) is 4.79 Å². The molecule has 2 aromatic carbocycles. The second kappa shape index (κ2) is 7.01. The van der Waals surface area contributed by atoms with Gasteiger partial charge in [0.05, 0.1) is 0 Å². The van der Waals surface area contributed by atoms with Crippen LogP contribution in [0.3, 0.4) is 0 Å². The maximum absolute atomic E-state index is 13.5. The number of unbranched alkanes of at least 4 members (excludes halogenated alkanes) is 1. The molecule has 1 heterocycles. The normalized spacial score (nSPS) is 14.7. The quantitative estimate of drug-likeness (QED) is 0.648. The first-order valence-corrected chi connectivity index (χ1v) is 8.28. The van der Waals surface area contributed by atoms with E-state index < -0.39 is 12.1 Å². The van der Waals surface area contributed by atoms with E-state index in [4.69, 9.17) is 0 Å². The first kappa shape index (κ1) is 17.1. The summed E-state index contributed by atoms with van der Waals surface area (Å²) in [5.41, 5.74) is 1.03. The van der Waals surface area contributed by atoms with Crippen molar-refractivity contribution in [1.82, 2.24) is 10.2 Å². The fourth-order valence-electron chi connectivity index (χ4n) is 3.16. The van der Waals surface area contributed by atoms with Crippen molar-refractivity contribution >= 4 is 28.5 Å². The van der Waals surface area contributed by atoms with Crippen molar-refractivity contribution in [2.75, 3.05) is 13.6 Å². The van der Waals surface area contributed by atoms with Gasteiger partial charge in [0.1, 0.15) is 0 Å². The standard InChI is InChI=1S/C19H19FN2O3/c1-21-17(23)15(20)10-2-3-11-22-18(24)13-8-4-6-12-7-5-9-14(16(12)13)19(22)25/h4-9,15H,2-3,10-11H2,1H3,(H,21,23). The summed E-state index contributed by atoms with van der Waals surface area (Å²) in [6.45, 7) is 0.211. The number of benzene rings is 2. The molecule has 1 N–H and O–H groups in total. The summed E-state index contributed by atoms with van der Waals surface area (Å²) in [5, 5.41) is 3.82. The molecule has 0 saturated heterocycles. The van der Waals surface area contributed by atoms with Gasteiger partial charge in [0.25, 0.3) is 17.7 Å². The Morgan fingerprint density at radius 1 is 1.08 bits per heavy atom. The topological polar surface area (TPSA) is 66.5 Å². The highest BCUT2D eigenvalue weighted by Gasteiger charge is 2.32. The van der Waals surface area contributed by atoms with Crippen LogP contribution in [0.25, 0.3) is 10.8 Å². The number of carbonyl (C=O) groups excluding carboxylic acids is 3. The average molecular weight is 342 g/mol. The van der Waals surface area contributed by atoms with Crippen LogP contribution in [0.4, 0.5) is 4.39 Å². The molecule has 1 aliphatic heterocycles. The molecule has 3 rings (SSSR count). The van der Waals surface area contributed by atoms with Gasteiger partial charge in [0.15, 0.2) is 6.17 Å². The Labute approximate surface area is 144 Å². The largest absolute Gasteiger partial charge is 0.357 e. The van der Waals surface area contributed by atoms with Gasteiger partial charge in [-0.05, 0) is 36.8 Å². The third-order valence-electron chi connectivity index (χ3n) is 4.48. The molecule has 25 heavy (non-hydrogen) atoms. The molecule has 5 nitrogen and oxygen atoms in total. The van der Waals surface area contributed by atoms with E-state index in [2.05, 4.69) is 5.32 Å². The van der Waals surface area contributed by atoms with Crippen molar-refractivity contribution in [2.45, 2.75) is 25.4 Å². The lowest BCUT2D eigenvalue weighted by Gasteiger charge is -2.27. The molecule has 2 aromatic rings. The zero-order chi connectivity index (χ0) is 18.0. The summed E-state index contributed by atoms with van der Waals surface area (Å²) in [7, 11) is 1.39. The van der Waals surface area contributed by atoms with Crippen molar-refractivity contribution in [3.8, 4) is 0 Å². The minimum atomic E-state index is -1.56. The van der Waals surface area contributed by atoms with Crippen LogP contribution >= 0.6 is 0 Å². The second-order valence-corrected chi connectivity index (χ2v) is 6.05. The predicted octanol–water partition coefficient (Wildman–Crippen LogP) is 2.69. The van der Waals surface area contributed by atoms with E-state index in [9.17, 15) is 18.8 Å². The maximum atomic E-state index is 13.5. The van der Waals surface area contributed by atoms with Crippen LogP contribution in [0, 0.1) is 0 Å². The van der Waals surface area contributed by atoms with Gasteiger partial charge < -0.3 is 5.32 Å². The summed E-state index contributed by atoms with van der Waals surface area (Å²) in [6.07, 6.45) is -0.626. The summed E-state index contributed by atoms with van der Waals surface area (Å²) in [6, 6.07) is 10.8. The van der Waals surface area contributed by atoms with Gasteiger partial charge in [-0.2, -0.15) is 0 Å². The highest BCUT2D eigenvalue weighted by atomic mass is 19.1. The fourth-order valence-corrected chi connectivity index (χ4v) is 3.16. The molecule has 3 amide bonds. The van der Waals surface area contributed by atoms with Crippen molar-refractivity contribution < 1.29 is 18.8 Å². The van der Waals surface area contributed by atoms with Crippen molar-refractivity contribution in [3.05, 3.63) is 47.5 Å². The lowest BCUT2D eigenvalue weighted by atomic mass is 9.94. The van der Waals surface area contributed by atoms with Gasteiger partial charge in [-0.15, -0.1) is 0 Å². The maximum Gasteiger partial charge on any atom is 0.261 e. The highest BCUT2D eigenvalue weighted by molar-refractivity contribution is 6.25. The third kappa shape index (κ3) is 3.12. The lowest BCUT2D eigenvalue weighted by molar-refractivity contribution is -0.125. The molecule has 0 aromatic heterocycles. The molecule has 1 unspecified atom stereocenters. The number of hydrogen-bond donors (Lipinski definition) is 1. The Morgan fingerprint density at radius 3 is 2.24 bits per heavy atom. The Hall–Kier alpha value is -2.76. The van der Waals surface area contributed by atoms with Gasteiger partial charge in [0, 0.05) is 30.1 Å². The van der Waals surface area contributed by atoms with Crippen LogP contribution in [0.5, 0.6) is 0 Å². The van der Waals surface area contributed by atoms with Crippen LogP contribution < -0.4 is 5.32 Å². The second-order valence-electron chi connectivity index (χ2n) is 6.05. The van der Waals surface area contributed by atoms with Crippen LogP contribution in [-0.4, -0.2) is 42.4 Å². The van der Waals surface area contributed by atoms with Crippen LogP contribution in [0.2, 0.25) is 0 Å². The lowest BCUT2D eigenvalue weighted by Crippen LogP contribution is -2.41. The van der Waals surface area contributed by atoms with E-state index in [1.165, 1.54) is 11.9 Å². The number of halogens is 1. The van der Waals surface area contributed by atoms with Crippen LogP contribution in [0.15, 0.2) is 36.4 Å². The Bertz CT molecular complexity index is 799. The molecule has 1 atom stereocenters. The number of nitrogens with one attached hydrogen (secondary N) is 1. The molecule has 1 aliphatic rings. The van der Waals surface area contributed by atoms with E-state index in [-0.39, 0.29) is 24.8 Å². The van der Waals surface area contributed by atoms with Crippen LogP contribution in [0.1, 0.15) is 40.0 Å². The number of nitrogens with zero attached hydrogens (tertiary/aromatic N) is 1. The van der Waals surface area contributed by atoms with Gasteiger partial charge in [-0.1, -0.05) is 24.3 Å². The molecule has 6 heteroatoms. The van der Waals surface area contributed by atoms with E-state index in [0.29, 0.717) is 29.4 Å². The summed E-state index contributed by atoms with van der Waals surface area (Å²) in [4.78, 5) is 37.7. The smallest absolute Gasteiger partial charge is 0.261 e. The third-order valence-corrected chi connectivity index (χ3v) is 4.48. The van der Waals surface area contributed by atoms with Gasteiger partial charge in [0.2, 0.25) is 0 Å². The number of alkyl halides is 1. The predicted molar refractivity (Wildman–Crippen MR) is 92.1 cm³/mol. The van der Waals surface area contributed by atoms with Crippen molar-refractivity contribution in [2.24, 2.45) is 0 Å². The molecule has 130 valence electrons. The summed E-state index contributed by atoms with van der Waals surface area (Å²) >= 11 is 0. The van der Waals surface area contributed by atoms with Crippen molar-refractivity contribution in [1.29, 1.82) is 0 Å². The monoisotopic (exact) mass is 342 g/mol. The van der Waals surface area contributed by atoms with Crippen molar-refractivity contribution in [3.63, 3.8) is 0 Å². The molecule has 0 aliphatic carbocycles. The SMILES string of the molecule is CNC(=O)C(F)CCCCN1C(=O)c2cccc3cccc(c23)C1=O. The number of amides is 3. The Kier molecular flexibility index (Phi) is 4.79. The molecular formula is C19H19FN2O3.